The average Bonchev–Trinajstić information content (AvgIpc) is 3.41. The van der Waals surface area contributed by atoms with Crippen molar-refractivity contribution in [2.45, 2.75) is 58.0 Å². The molecule has 1 aliphatic rings. The Morgan fingerprint density at radius 1 is 1.44 bits per heavy atom. The maximum absolute atomic E-state index is 12.5. The predicted molar refractivity (Wildman–Crippen MR) is 126 cm³/mol. The molecule has 2 unspecified atom stereocenters. The molecular formula is C22H28N8OS. The zero-order chi connectivity index (χ0) is 22.7. The van der Waals surface area contributed by atoms with Gasteiger partial charge in [0.15, 0.2) is 10.8 Å². The first-order chi connectivity index (χ1) is 15.5. The van der Waals surface area contributed by atoms with Gasteiger partial charge < -0.3 is 15.6 Å². The summed E-state index contributed by atoms with van der Waals surface area (Å²) in [6.45, 7) is 4.36. The molecule has 168 valence electrons. The molecule has 3 aromatic rings. The monoisotopic (exact) mass is 452 g/mol. The van der Waals surface area contributed by atoms with Crippen LogP contribution in [0.1, 0.15) is 66.9 Å². The molecule has 9 nitrogen and oxygen atoms in total. The fourth-order valence-electron chi connectivity index (χ4n) is 4.35. The lowest BCUT2D eigenvalue weighted by Gasteiger charge is -2.32. The van der Waals surface area contributed by atoms with Crippen LogP contribution in [0.4, 0.5) is 0 Å². The van der Waals surface area contributed by atoms with E-state index in [9.17, 15) is 4.79 Å². The highest BCUT2D eigenvalue weighted by Gasteiger charge is 2.28. The van der Waals surface area contributed by atoms with Crippen LogP contribution in [-0.2, 0) is 6.42 Å². The number of aliphatic imine (C=N–C) groups is 1. The van der Waals surface area contributed by atoms with Crippen molar-refractivity contribution in [3.8, 4) is 0 Å². The van der Waals surface area contributed by atoms with Gasteiger partial charge in [0.05, 0.1) is 11.7 Å². The molecule has 32 heavy (non-hydrogen) atoms. The number of pyridine rings is 1. The molecule has 4 rings (SSSR count). The summed E-state index contributed by atoms with van der Waals surface area (Å²) < 4.78 is 2.31. The van der Waals surface area contributed by atoms with Crippen LogP contribution in [0.3, 0.4) is 0 Å². The molecule has 3 heterocycles. The van der Waals surface area contributed by atoms with Gasteiger partial charge in [-0.05, 0) is 37.7 Å². The van der Waals surface area contributed by atoms with Crippen LogP contribution >= 0.6 is 11.3 Å². The van der Waals surface area contributed by atoms with Crippen molar-refractivity contribution in [3.63, 3.8) is 0 Å². The Kier molecular flexibility index (Phi) is 6.59. The number of amidine groups is 1. The van der Waals surface area contributed by atoms with Crippen LogP contribution in [0.25, 0.3) is 11.0 Å². The molecule has 1 saturated carbocycles. The van der Waals surface area contributed by atoms with Gasteiger partial charge in [-0.2, -0.15) is 0 Å². The molecule has 0 spiro atoms. The molecular weight excluding hydrogens is 424 g/mol. The van der Waals surface area contributed by atoms with Crippen molar-refractivity contribution < 1.29 is 4.79 Å². The Hall–Kier alpha value is -3.14. The molecule has 0 aliphatic heterocycles. The standard InChI is InChI=1S/C22H28N8OS/c1-13(2)8-19-29-17-11-26-16(20(24)27-12-23)10-18(17)30(19)15-5-3-4-14(9-15)28-21(31)22-25-6-7-32-22/h6-7,10-15H,3-5,8-9H2,1-2H3,(H,28,31)(H3,23,24,27). The zero-order valence-electron chi connectivity index (χ0n) is 18.3. The largest absolute Gasteiger partial charge is 0.382 e. The van der Waals surface area contributed by atoms with E-state index in [0.29, 0.717) is 16.6 Å². The Balaban J connectivity index is 1.67. The number of hydrogen-bond acceptors (Lipinski definition) is 6. The number of rotatable bonds is 7. The minimum absolute atomic E-state index is 0.0837. The van der Waals surface area contributed by atoms with E-state index in [1.807, 2.05) is 11.4 Å². The van der Waals surface area contributed by atoms with E-state index in [2.05, 4.69) is 38.7 Å². The maximum Gasteiger partial charge on any atom is 0.280 e. The van der Waals surface area contributed by atoms with E-state index >= 15 is 0 Å². The summed E-state index contributed by atoms with van der Waals surface area (Å²) in [7, 11) is 0. The Labute approximate surface area is 190 Å². The Morgan fingerprint density at radius 3 is 3.00 bits per heavy atom. The second kappa shape index (κ2) is 9.56. The molecule has 0 bridgehead atoms. The molecule has 10 heteroatoms. The molecule has 1 fully saturated rings. The van der Waals surface area contributed by atoms with Gasteiger partial charge in [0, 0.05) is 30.1 Å². The second-order valence-corrected chi connectivity index (χ2v) is 9.42. The van der Waals surface area contributed by atoms with E-state index in [1.165, 1.54) is 11.3 Å². The van der Waals surface area contributed by atoms with E-state index in [0.717, 1.165) is 55.3 Å². The lowest BCUT2D eigenvalue weighted by atomic mass is 9.90. The number of amides is 1. The minimum Gasteiger partial charge on any atom is -0.382 e. The quantitative estimate of drug-likeness (QED) is 0.373. The number of fused-ring (bicyclic) bond motifs is 1. The van der Waals surface area contributed by atoms with Crippen LogP contribution < -0.4 is 11.1 Å². The number of nitrogens with one attached hydrogen (secondary N) is 2. The topological polar surface area (TPSA) is 135 Å². The van der Waals surface area contributed by atoms with Crippen LogP contribution in [-0.4, -0.2) is 43.6 Å². The van der Waals surface area contributed by atoms with Crippen molar-refractivity contribution in [1.29, 1.82) is 5.41 Å². The van der Waals surface area contributed by atoms with E-state index in [-0.39, 0.29) is 23.8 Å². The first kappa shape index (κ1) is 22.1. The number of hydrogen-bond donors (Lipinski definition) is 3. The fraction of sp³-hybridized carbons (Fsp3) is 0.455. The lowest BCUT2D eigenvalue weighted by molar-refractivity contribution is 0.0920. The summed E-state index contributed by atoms with van der Waals surface area (Å²) in [4.78, 5) is 29.8. The van der Waals surface area contributed by atoms with Gasteiger partial charge >= 0.3 is 0 Å². The van der Waals surface area contributed by atoms with E-state index in [1.54, 1.807) is 12.4 Å². The van der Waals surface area contributed by atoms with E-state index in [4.69, 9.17) is 16.1 Å². The lowest BCUT2D eigenvalue weighted by Crippen LogP contribution is -2.39. The van der Waals surface area contributed by atoms with Crippen LogP contribution in [0.5, 0.6) is 0 Å². The molecule has 2 atom stereocenters. The number of carbonyl (C=O) groups excluding carboxylic acids is 1. The highest BCUT2D eigenvalue weighted by Crippen LogP contribution is 2.34. The summed E-state index contributed by atoms with van der Waals surface area (Å²) in [6.07, 6.45) is 8.95. The van der Waals surface area contributed by atoms with Crippen molar-refractivity contribution in [2.24, 2.45) is 16.6 Å². The predicted octanol–water partition coefficient (Wildman–Crippen LogP) is 3.31. The third kappa shape index (κ3) is 4.69. The highest BCUT2D eigenvalue weighted by molar-refractivity contribution is 7.11. The second-order valence-electron chi connectivity index (χ2n) is 8.53. The molecule has 1 aliphatic carbocycles. The van der Waals surface area contributed by atoms with Crippen molar-refractivity contribution in [2.75, 3.05) is 0 Å². The van der Waals surface area contributed by atoms with Gasteiger partial charge in [-0.1, -0.05) is 13.8 Å². The number of imidazole rings is 1. The van der Waals surface area contributed by atoms with Gasteiger partial charge in [0.1, 0.15) is 23.4 Å². The fourth-order valence-corrected chi connectivity index (χ4v) is 4.89. The SMILES string of the molecule is CC(C)Cc1nc2cnc(C(N)=NC=N)cc2n1C1CCCC(NC(=O)c2nccs2)C1. The molecule has 3 aromatic heterocycles. The average molecular weight is 453 g/mol. The smallest absolute Gasteiger partial charge is 0.280 e. The Bertz CT molecular complexity index is 1130. The third-order valence-corrected chi connectivity index (χ3v) is 6.45. The zero-order valence-corrected chi connectivity index (χ0v) is 19.1. The van der Waals surface area contributed by atoms with Crippen molar-refractivity contribution in [1.82, 2.24) is 24.8 Å². The van der Waals surface area contributed by atoms with Gasteiger partial charge in [-0.3, -0.25) is 15.2 Å². The van der Waals surface area contributed by atoms with Gasteiger partial charge in [0.2, 0.25) is 0 Å². The van der Waals surface area contributed by atoms with Gasteiger partial charge in [-0.15, -0.1) is 11.3 Å². The summed E-state index contributed by atoms with van der Waals surface area (Å²) in [5.41, 5.74) is 8.30. The molecule has 0 aromatic carbocycles. The minimum atomic E-state index is -0.106. The van der Waals surface area contributed by atoms with Crippen molar-refractivity contribution in [3.05, 3.63) is 40.4 Å². The molecule has 1 amide bonds. The number of nitrogens with zero attached hydrogens (tertiary/aromatic N) is 5. The normalized spacial score (nSPS) is 19.4. The number of thiazole rings is 1. The van der Waals surface area contributed by atoms with Crippen LogP contribution in [0.2, 0.25) is 0 Å². The Morgan fingerprint density at radius 2 is 2.28 bits per heavy atom. The highest BCUT2D eigenvalue weighted by atomic mass is 32.1. The maximum atomic E-state index is 12.5. The first-order valence-electron chi connectivity index (χ1n) is 10.9. The third-order valence-electron chi connectivity index (χ3n) is 5.68. The summed E-state index contributed by atoms with van der Waals surface area (Å²) in [6, 6.07) is 2.20. The molecule has 0 saturated heterocycles. The number of nitrogens with two attached hydrogens (primary N) is 1. The first-order valence-corrected chi connectivity index (χ1v) is 11.7. The summed E-state index contributed by atoms with van der Waals surface area (Å²) >= 11 is 1.35. The van der Waals surface area contributed by atoms with E-state index < -0.39 is 0 Å². The van der Waals surface area contributed by atoms with Gasteiger partial charge in [0.25, 0.3) is 5.91 Å². The molecule has 4 N–H and O–H groups in total. The van der Waals surface area contributed by atoms with Crippen LogP contribution in [0, 0.1) is 11.3 Å². The summed E-state index contributed by atoms with van der Waals surface area (Å²) in [5, 5.41) is 12.7. The van der Waals surface area contributed by atoms with Crippen LogP contribution in [0.15, 0.2) is 28.8 Å². The van der Waals surface area contributed by atoms with Crippen molar-refractivity contribution >= 4 is 40.5 Å². The number of carbonyl (C=O) groups is 1. The van der Waals surface area contributed by atoms with Gasteiger partial charge in [-0.25, -0.2) is 15.0 Å². The summed E-state index contributed by atoms with van der Waals surface area (Å²) in [5.74, 6) is 1.57. The number of aromatic nitrogens is 4. The molecule has 0 radical (unpaired) electrons.